The van der Waals surface area contributed by atoms with Crippen molar-refractivity contribution in [1.82, 2.24) is 4.98 Å². The number of pyridine rings is 1. The number of fused-ring (bicyclic) bond motifs is 1. The number of nitrogens with two attached hydrogens (primary N) is 1. The minimum absolute atomic E-state index is 0.261. The van der Waals surface area contributed by atoms with Crippen molar-refractivity contribution in [2.45, 2.75) is 6.42 Å². The highest BCUT2D eigenvalue weighted by Crippen LogP contribution is 2.22. The predicted molar refractivity (Wildman–Crippen MR) is 61.0 cm³/mol. The standard InChI is InChI=1S/C12H13FN2O/c1-16-11-3-2-8-6-10(13)7-9(4-5-14)12(8)15-11/h2-3,6-7H,4-5,14H2,1H3. The van der Waals surface area contributed by atoms with E-state index in [9.17, 15) is 4.39 Å². The molecule has 1 aromatic heterocycles. The molecule has 0 aliphatic heterocycles. The van der Waals surface area contributed by atoms with Crippen molar-refractivity contribution in [3.05, 3.63) is 35.6 Å². The summed E-state index contributed by atoms with van der Waals surface area (Å²) in [5.41, 5.74) is 7.06. The van der Waals surface area contributed by atoms with Gasteiger partial charge in [-0.05, 0) is 36.7 Å². The van der Waals surface area contributed by atoms with Crippen LogP contribution in [0.4, 0.5) is 4.39 Å². The molecule has 0 fully saturated rings. The van der Waals surface area contributed by atoms with Crippen molar-refractivity contribution in [3.63, 3.8) is 0 Å². The Hall–Kier alpha value is -1.68. The molecule has 0 saturated heterocycles. The minimum atomic E-state index is -0.261. The molecular formula is C12H13FN2O. The number of hydrogen-bond acceptors (Lipinski definition) is 3. The van der Waals surface area contributed by atoms with Gasteiger partial charge in [-0.3, -0.25) is 0 Å². The van der Waals surface area contributed by atoms with Crippen molar-refractivity contribution in [2.75, 3.05) is 13.7 Å². The molecule has 1 heterocycles. The first-order chi connectivity index (χ1) is 7.74. The summed E-state index contributed by atoms with van der Waals surface area (Å²) in [5, 5.41) is 0.768. The van der Waals surface area contributed by atoms with Crippen molar-refractivity contribution in [2.24, 2.45) is 5.73 Å². The highest BCUT2D eigenvalue weighted by atomic mass is 19.1. The molecular weight excluding hydrogens is 207 g/mol. The Morgan fingerprint density at radius 3 is 2.88 bits per heavy atom. The van der Waals surface area contributed by atoms with Gasteiger partial charge in [-0.15, -0.1) is 0 Å². The summed E-state index contributed by atoms with van der Waals surface area (Å²) < 4.78 is 18.4. The molecule has 3 nitrogen and oxygen atoms in total. The quantitative estimate of drug-likeness (QED) is 0.859. The van der Waals surface area contributed by atoms with E-state index in [-0.39, 0.29) is 5.82 Å². The molecule has 84 valence electrons. The lowest BCUT2D eigenvalue weighted by molar-refractivity contribution is 0.399. The van der Waals surface area contributed by atoms with Gasteiger partial charge in [0.25, 0.3) is 0 Å². The van der Waals surface area contributed by atoms with Crippen LogP contribution in [0.5, 0.6) is 5.88 Å². The average Bonchev–Trinajstić information content (AvgIpc) is 2.29. The molecule has 2 N–H and O–H groups in total. The van der Waals surface area contributed by atoms with Gasteiger partial charge in [0, 0.05) is 11.5 Å². The maximum atomic E-state index is 13.3. The van der Waals surface area contributed by atoms with E-state index in [4.69, 9.17) is 10.5 Å². The van der Waals surface area contributed by atoms with Gasteiger partial charge in [0.05, 0.1) is 12.6 Å². The molecule has 0 aliphatic carbocycles. The monoisotopic (exact) mass is 220 g/mol. The van der Waals surface area contributed by atoms with Crippen LogP contribution in [-0.2, 0) is 6.42 Å². The topological polar surface area (TPSA) is 48.1 Å². The molecule has 0 atom stereocenters. The summed E-state index contributed by atoms with van der Waals surface area (Å²) >= 11 is 0. The molecule has 0 unspecified atom stereocenters. The van der Waals surface area contributed by atoms with Crippen molar-refractivity contribution in [3.8, 4) is 5.88 Å². The van der Waals surface area contributed by atoms with Crippen LogP contribution in [-0.4, -0.2) is 18.6 Å². The lowest BCUT2D eigenvalue weighted by Crippen LogP contribution is -2.04. The molecule has 0 saturated carbocycles. The van der Waals surface area contributed by atoms with E-state index < -0.39 is 0 Å². The molecule has 0 amide bonds. The molecule has 1 aromatic carbocycles. The smallest absolute Gasteiger partial charge is 0.213 e. The number of methoxy groups -OCH3 is 1. The van der Waals surface area contributed by atoms with Crippen LogP contribution in [0.25, 0.3) is 10.9 Å². The average molecular weight is 220 g/mol. The second-order valence-corrected chi connectivity index (χ2v) is 3.53. The number of rotatable bonds is 3. The van der Waals surface area contributed by atoms with E-state index >= 15 is 0 Å². The summed E-state index contributed by atoms with van der Waals surface area (Å²) in [5.74, 6) is 0.264. The third kappa shape index (κ3) is 1.97. The SMILES string of the molecule is COc1ccc2cc(F)cc(CCN)c2n1. The number of nitrogens with zero attached hydrogens (tertiary/aromatic N) is 1. The fourth-order valence-electron chi connectivity index (χ4n) is 1.71. The maximum Gasteiger partial charge on any atom is 0.213 e. The van der Waals surface area contributed by atoms with Gasteiger partial charge < -0.3 is 10.5 Å². The Morgan fingerprint density at radius 1 is 1.38 bits per heavy atom. The number of ether oxygens (including phenoxy) is 1. The van der Waals surface area contributed by atoms with Gasteiger partial charge >= 0.3 is 0 Å². The van der Waals surface area contributed by atoms with E-state index in [1.54, 1.807) is 19.2 Å². The van der Waals surface area contributed by atoms with E-state index in [2.05, 4.69) is 4.98 Å². The molecule has 0 spiro atoms. The second kappa shape index (κ2) is 4.45. The Kier molecular flexibility index (Phi) is 3.01. The lowest BCUT2D eigenvalue weighted by atomic mass is 10.1. The molecule has 0 bridgehead atoms. The Balaban J connectivity index is 2.65. The first-order valence-electron chi connectivity index (χ1n) is 5.08. The summed E-state index contributed by atoms with van der Waals surface area (Å²) in [6, 6.07) is 6.45. The molecule has 16 heavy (non-hydrogen) atoms. The van der Waals surface area contributed by atoms with E-state index in [1.807, 2.05) is 0 Å². The zero-order valence-electron chi connectivity index (χ0n) is 9.03. The Morgan fingerprint density at radius 2 is 2.19 bits per heavy atom. The minimum Gasteiger partial charge on any atom is -0.481 e. The summed E-state index contributed by atoms with van der Waals surface area (Å²) in [4.78, 5) is 4.31. The molecule has 0 radical (unpaired) electrons. The van der Waals surface area contributed by atoms with Crippen LogP contribution in [0.3, 0.4) is 0 Å². The van der Waals surface area contributed by atoms with Crippen LogP contribution in [0, 0.1) is 5.82 Å². The van der Waals surface area contributed by atoms with Crippen LogP contribution >= 0.6 is 0 Å². The zero-order valence-corrected chi connectivity index (χ0v) is 9.03. The van der Waals surface area contributed by atoms with Gasteiger partial charge in [-0.1, -0.05) is 0 Å². The normalized spacial score (nSPS) is 10.7. The zero-order chi connectivity index (χ0) is 11.5. The number of benzene rings is 1. The van der Waals surface area contributed by atoms with Crippen LogP contribution < -0.4 is 10.5 Å². The van der Waals surface area contributed by atoms with Gasteiger partial charge in [0.2, 0.25) is 5.88 Å². The van der Waals surface area contributed by atoms with E-state index in [0.29, 0.717) is 18.8 Å². The Labute approximate surface area is 93.0 Å². The van der Waals surface area contributed by atoms with Gasteiger partial charge in [0.1, 0.15) is 5.82 Å². The first-order valence-corrected chi connectivity index (χ1v) is 5.08. The number of hydrogen-bond donors (Lipinski definition) is 1. The predicted octanol–water partition coefficient (Wildman–Crippen LogP) is 1.88. The van der Waals surface area contributed by atoms with Gasteiger partial charge in [-0.2, -0.15) is 0 Å². The summed E-state index contributed by atoms with van der Waals surface area (Å²) in [7, 11) is 1.56. The number of halogens is 1. The lowest BCUT2D eigenvalue weighted by Gasteiger charge is -2.07. The van der Waals surface area contributed by atoms with Crippen LogP contribution in [0.1, 0.15) is 5.56 Å². The van der Waals surface area contributed by atoms with E-state index in [0.717, 1.165) is 16.5 Å². The Bertz CT molecular complexity index is 514. The molecule has 2 aromatic rings. The molecule has 2 rings (SSSR count). The van der Waals surface area contributed by atoms with Crippen molar-refractivity contribution < 1.29 is 9.13 Å². The van der Waals surface area contributed by atoms with E-state index in [1.165, 1.54) is 12.1 Å². The summed E-state index contributed by atoms with van der Waals surface area (Å²) in [6.45, 7) is 0.470. The van der Waals surface area contributed by atoms with Crippen molar-refractivity contribution in [1.29, 1.82) is 0 Å². The summed E-state index contributed by atoms with van der Waals surface area (Å²) in [6.07, 6.45) is 0.606. The highest BCUT2D eigenvalue weighted by molar-refractivity contribution is 5.82. The van der Waals surface area contributed by atoms with Gasteiger partial charge in [-0.25, -0.2) is 9.37 Å². The van der Waals surface area contributed by atoms with Crippen molar-refractivity contribution >= 4 is 10.9 Å². The largest absolute Gasteiger partial charge is 0.481 e. The van der Waals surface area contributed by atoms with Crippen LogP contribution in [0.2, 0.25) is 0 Å². The van der Waals surface area contributed by atoms with Crippen LogP contribution in [0.15, 0.2) is 24.3 Å². The first kappa shape index (κ1) is 10.8. The fraction of sp³-hybridized carbons (Fsp3) is 0.250. The molecule has 0 aliphatic rings. The maximum absolute atomic E-state index is 13.3. The second-order valence-electron chi connectivity index (χ2n) is 3.53. The van der Waals surface area contributed by atoms with Gasteiger partial charge in [0.15, 0.2) is 0 Å². The number of aromatic nitrogens is 1. The highest BCUT2D eigenvalue weighted by Gasteiger charge is 2.06. The fourth-order valence-corrected chi connectivity index (χ4v) is 1.71. The molecule has 4 heteroatoms. The third-order valence-corrected chi connectivity index (χ3v) is 2.43. The third-order valence-electron chi connectivity index (χ3n) is 2.43.